The van der Waals surface area contributed by atoms with Crippen molar-refractivity contribution in [2.75, 3.05) is 5.32 Å². The monoisotopic (exact) mass is 262 g/mol. The summed E-state index contributed by atoms with van der Waals surface area (Å²) in [5.74, 6) is -3.18. The summed E-state index contributed by atoms with van der Waals surface area (Å²) in [6, 6.07) is 5.17. The zero-order valence-corrected chi connectivity index (χ0v) is 9.76. The van der Waals surface area contributed by atoms with Gasteiger partial charge in [-0.05, 0) is 17.7 Å². The van der Waals surface area contributed by atoms with Crippen LogP contribution in [0.15, 0.2) is 36.7 Å². The first-order chi connectivity index (χ1) is 9.08. The van der Waals surface area contributed by atoms with E-state index in [-0.39, 0.29) is 11.5 Å². The van der Waals surface area contributed by atoms with Gasteiger partial charge in [0.1, 0.15) is 11.7 Å². The molecule has 0 fully saturated rings. The van der Waals surface area contributed by atoms with Crippen LogP contribution >= 0.6 is 0 Å². The average Bonchev–Trinajstić information content (AvgIpc) is 2.81. The van der Waals surface area contributed by atoms with Crippen LogP contribution in [-0.2, 0) is 9.59 Å². The molecule has 6 nitrogen and oxygen atoms in total. The van der Waals surface area contributed by atoms with Gasteiger partial charge < -0.3 is 10.7 Å². The number of rotatable bonds is 4. The number of anilines is 1. The Kier molecular flexibility index (Phi) is 3.56. The number of carbonyl (C=O) groups excluding carboxylic acids is 2. The first-order valence-electron chi connectivity index (χ1n) is 5.43. The van der Waals surface area contributed by atoms with Crippen molar-refractivity contribution in [2.45, 2.75) is 5.92 Å². The fourth-order valence-electron chi connectivity index (χ4n) is 1.65. The number of nitrogens with two attached hydrogens (primary N) is 1. The predicted octanol–water partition coefficient (Wildman–Crippen LogP) is 0.756. The van der Waals surface area contributed by atoms with Gasteiger partial charge in [-0.1, -0.05) is 12.1 Å². The van der Waals surface area contributed by atoms with Crippen molar-refractivity contribution in [1.29, 1.82) is 0 Å². The normalized spacial score (nSPS) is 11.8. The molecule has 2 amide bonds. The molecule has 0 saturated heterocycles. The van der Waals surface area contributed by atoms with Gasteiger partial charge >= 0.3 is 0 Å². The van der Waals surface area contributed by atoms with E-state index in [2.05, 4.69) is 15.3 Å². The number of amides is 2. The molecule has 1 atom stereocenters. The number of imidazole rings is 1. The molecule has 0 aliphatic carbocycles. The highest BCUT2D eigenvalue weighted by Gasteiger charge is 2.27. The van der Waals surface area contributed by atoms with Crippen LogP contribution < -0.4 is 11.1 Å². The molecule has 0 aliphatic rings. The molecular weight excluding hydrogens is 251 g/mol. The van der Waals surface area contributed by atoms with Crippen LogP contribution in [-0.4, -0.2) is 21.8 Å². The van der Waals surface area contributed by atoms with Gasteiger partial charge in [0.2, 0.25) is 17.8 Å². The highest BCUT2D eigenvalue weighted by Crippen LogP contribution is 2.18. The number of halogens is 1. The molecule has 0 spiro atoms. The molecule has 4 N–H and O–H groups in total. The van der Waals surface area contributed by atoms with Crippen molar-refractivity contribution in [3.8, 4) is 0 Å². The van der Waals surface area contributed by atoms with Crippen molar-refractivity contribution < 1.29 is 14.0 Å². The second kappa shape index (κ2) is 5.30. The zero-order valence-electron chi connectivity index (χ0n) is 9.76. The van der Waals surface area contributed by atoms with Crippen LogP contribution in [0.25, 0.3) is 0 Å². The third kappa shape index (κ3) is 2.95. The molecule has 0 bridgehead atoms. The lowest BCUT2D eigenvalue weighted by Crippen LogP contribution is -2.32. The Morgan fingerprint density at radius 1 is 1.42 bits per heavy atom. The molecule has 7 heteroatoms. The van der Waals surface area contributed by atoms with E-state index < -0.39 is 23.5 Å². The van der Waals surface area contributed by atoms with Crippen LogP contribution in [0, 0.1) is 5.82 Å². The fraction of sp³-hybridized carbons (Fsp3) is 0.0833. The Labute approximate surface area is 107 Å². The number of nitrogens with zero attached hydrogens (tertiary/aromatic N) is 1. The summed E-state index contributed by atoms with van der Waals surface area (Å²) >= 11 is 0. The maximum Gasteiger partial charge on any atom is 0.243 e. The van der Waals surface area contributed by atoms with E-state index in [1.54, 1.807) is 0 Å². The van der Waals surface area contributed by atoms with Crippen LogP contribution in [0.5, 0.6) is 0 Å². The van der Waals surface area contributed by atoms with Crippen LogP contribution in [0.2, 0.25) is 0 Å². The van der Waals surface area contributed by atoms with Gasteiger partial charge in [0.05, 0.1) is 0 Å². The number of benzene rings is 1. The summed E-state index contributed by atoms with van der Waals surface area (Å²) in [5, 5.41) is 2.39. The van der Waals surface area contributed by atoms with Crippen LogP contribution in [0.3, 0.4) is 0 Å². The lowest BCUT2D eigenvalue weighted by Gasteiger charge is -2.12. The summed E-state index contributed by atoms with van der Waals surface area (Å²) in [4.78, 5) is 29.8. The van der Waals surface area contributed by atoms with Gasteiger partial charge in [0, 0.05) is 12.4 Å². The molecular formula is C12H11FN4O2. The molecule has 98 valence electrons. The Morgan fingerprint density at radius 3 is 2.79 bits per heavy atom. The van der Waals surface area contributed by atoms with Gasteiger partial charge in [-0.2, -0.15) is 0 Å². The van der Waals surface area contributed by atoms with Gasteiger partial charge in [-0.25, -0.2) is 9.37 Å². The molecule has 1 aromatic heterocycles. The summed E-state index contributed by atoms with van der Waals surface area (Å²) in [7, 11) is 0. The van der Waals surface area contributed by atoms with E-state index in [0.29, 0.717) is 0 Å². The number of aromatic amines is 1. The lowest BCUT2D eigenvalue weighted by atomic mass is 9.97. The molecule has 1 heterocycles. The summed E-state index contributed by atoms with van der Waals surface area (Å²) < 4.78 is 13.1. The van der Waals surface area contributed by atoms with Crippen molar-refractivity contribution in [2.24, 2.45) is 5.73 Å². The van der Waals surface area contributed by atoms with E-state index in [9.17, 15) is 14.0 Å². The smallest absolute Gasteiger partial charge is 0.243 e. The number of hydrogen-bond donors (Lipinski definition) is 3. The highest BCUT2D eigenvalue weighted by atomic mass is 19.1. The van der Waals surface area contributed by atoms with Gasteiger partial charge in [-0.15, -0.1) is 0 Å². The Bertz CT molecular complexity index is 598. The van der Waals surface area contributed by atoms with E-state index in [1.807, 2.05) is 0 Å². The number of H-pyrrole nitrogens is 1. The van der Waals surface area contributed by atoms with Crippen molar-refractivity contribution in [3.05, 3.63) is 48.0 Å². The van der Waals surface area contributed by atoms with E-state index in [1.165, 1.54) is 30.6 Å². The third-order valence-electron chi connectivity index (χ3n) is 2.47. The Hall–Kier alpha value is -2.70. The zero-order chi connectivity index (χ0) is 13.8. The Balaban J connectivity index is 2.25. The molecule has 1 aromatic carbocycles. The van der Waals surface area contributed by atoms with E-state index in [0.717, 1.165) is 6.07 Å². The number of carbonyl (C=O) groups is 2. The second-order valence-corrected chi connectivity index (χ2v) is 3.82. The first kappa shape index (κ1) is 12.7. The minimum absolute atomic E-state index is 0.188. The molecule has 0 radical (unpaired) electrons. The van der Waals surface area contributed by atoms with Crippen molar-refractivity contribution >= 4 is 17.8 Å². The van der Waals surface area contributed by atoms with E-state index >= 15 is 0 Å². The number of primary amides is 1. The largest absolute Gasteiger partial charge is 0.369 e. The van der Waals surface area contributed by atoms with E-state index in [4.69, 9.17) is 5.73 Å². The van der Waals surface area contributed by atoms with Crippen molar-refractivity contribution in [3.63, 3.8) is 0 Å². The van der Waals surface area contributed by atoms with Gasteiger partial charge in [-0.3, -0.25) is 14.9 Å². The number of aromatic nitrogens is 2. The molecule has 2 aromatic rings. The minimum atomic E-state index is -1.28. The molecule has 0 saturated carbocycles. The first-order valence-corrected chi connectivity index (χ1v) is 5.43. The number of nitrogens with one attached hydrogen (secondary N) is 2. The quantitative estimate of drug-likeness (QED) is 0.709. The van der Waals surface area contributed by atoms with Crippen LogP contribution in [0.4, 0.5) is 10.3 Å². The predicted molar refractivity (Wildman–Crippen MR) is 65.6 cm³/mol. The van der Waals surface area contributed by atoms with Gasteiger partial charge in [0.25, 0.3) is 0 Å². The number of hydrogen-bond acceptors (Lipinski definition) is 3. The van der Waals surface area contributed by atoms with Crippen LogP contribution in [0.1, 0.15) is 11.5 Å². The maximum atomic E-state index is 13.1. The summed E-state index contributed by atoms with van der Waals surface area (Å²) in [5.41, 5.74) is 5.39. The minimum Gasteiger partial charge on any atom is -0.369 e. The molecule has 0 aliphatic heterocycles. The molecule has 19 heavy (non-hydrogen) atoms. The third-order valence-corrected chi connectivity index (χ3v) is 2.47. The second-order valence-electron chi connectivity index (χ2n) is 3.82. The maximum absolute atomic E-state index is 13.1. The standard InChI is InChI=1S/C12H11FN4O2/c13-8-3-1-2-7(6-8)9(10(14)18)11(19)17-12-15-4-5-16-12/h1-6,9H,(H2,14,18)(H2,15,16,17,19). The van der Waals surface area contributed by atoms with Gasteiger partial charge in [0.15, 0.2) is 0 Å². The highest BCUT2D eigenvalue weighted by molar-refractivity contribution is 6.10. The lowest BCUT2D eigenvalue weighted by molar-refractivity contribution is -0.127. The topological polar surface area (TPSA) is 101 Å². The SMILES string of the molecule is NC(=O)C(C(=O)Nc1ncc[nH]1)c1cccc(F)c1. The molecule has 1 unspecified atom stereocenters. The summed E-state index contributed by atoms with van der Waals surface area (Å²) in [6.07, 6.45) is 2.95. The fourth-order valence-corrected chi connectivity index (χ4v) is 1.65. The average molecular weight is 262 g/mol. The van der Waals surface area contributed by atoms with Crippen molar-refractivity contribution in [1.82, 2.24) is 9.97 Å². The Morgan fingerprint density at radius 2 is 2.21 bits per heavy atom. The molecule has 2 rings (SSSR count). The summed E-state index contributed by atoms with van der Waals surface area (Å²) in [6.45, 7) is 0.